The Labute approximate surface area is 118 Å². The van der Waals surface area contributed by atoms with E-state index in [1.165, 1.54) is 32.1 Å². The SMILES string of the molecule is CCc1c2c(c(C)c3c1CC(C)(C)C3)CC(C)(C)C2. The van der Waals surface area contributed by atoms with E-state index in [4.69, 9.17) is 0 Å². The molecule has 0 unspecified atom stereocenters. The summed E-state index contributed by atoms with van der Waals surface area (Å²) in [5, 5.41) is 0. The minimum absolute atomic E-state index is 0.474. The fourth-order valence-corrected chi connectivity index (χ4v) is 4.55. The number of hydrogen-bond donors (Lipinski definition) is 0. The highest BCUT2D eigenvalue weighted by Gasteiger charge is 2.38. The van der Waals surface area contributed by atoms with Crippen molar-refractivity contribution >= 4 is 0 Å². The third-order valence-electron chi connectivity index (χ3n) is 5.34. The lowest BCUT2D eigenvalue weighted by molar-refractivity contribution is 0.386. The highest BCUT2D eigenvalue weighted by atomic mass is 14.4. The topological polar surface area (TPSA) is 0 Å². The third kappa shape index (κ3) is 1.95. The van der Waals surface area contributed by atoms with Gasteiger partial charge in [0.15, 0.2) is 0 Å². The normalized spacial score (nSPS) is 22.4. The summed E-state index contributed by atoms with van der Waals surface area (Å²) >= 11 is 0. The summed E-state index contributed by atoms with van der Waals surface area (Å²) in [6, 6.07) is 0. The summed E-state index contributed by atoms with van der Waals surface area (Å²) in [5.74, 6) is 0. The molecule has 0 nitrogen and oxygen atoms in total. The molecule has 0 amide bonds. The van der Waals surface area contributed by atoms with Gasteiger partial charge in [-0.2, -0.15) is 0 Å². The second-order valence-electron chi connectivity index (χ2n) is 8.41. The van der Waals surface area contributed by atoms with E-state index in [1.54, 1.807) is 33.4 Å². The lowest BCUT2D eigenvalue weighted by atomic mass is 9.87. The van der Waals surface area contributed by atoms with Crippen LogP contribution in [0.3, 0.4) is 0 Å². The average molecular weight is 256 g/mol. The highest BCUT2D eigenvalue weighted by molar-refractivity contribution is 5.56. The van der Waals surface area contributed by atoms with Crippen LogP contribution in [0.25, 0.3) is 0 Å². The van der Waals surface area contributed by atoms with Gasteiger partial charge >= 0.3 is 0 Å². The van der Waals surface area contributed by atoms with Crippen LogP contribution in [0.1, 0.15) is 68.0 Å². The van der Waals surface area contributed by atoms with Gasteiger partial charge < -0.3 is 0 Å². The Morgan fingerprint density at radius 1 is 0.737 bits per heavy atom. The quantitative estimate of drug-likeness (QED) is 0.676. The van der Waals surface area contributed by atoms with E-state index in [0.29, 0.717) is 10.8 Å². The molecule has 0 atom stereocenters. The molecule has 0 saturated heterocycles. The Kier molecular flexibility index (Phi) is 2.69. The molecule has 3 rings (SSSR count). The molecule has 0 N–H and O–H groups in total. The minimum atomic E-state index is 0.474. The summed E-state index contributed by atoms with van der Waals surface area (Å²) in [5.41, 5.74) is 11.2. The van der Waals surface area contributed by atoms with E-state index in [2.05, 4.69) is 41.5 Å². The van der Waals surface area contributed by atoms with Crippen molar-refractivity contribution < 1.29 is 0 Å². The molecule has 1 aromatic rings. The molecule has 0 aromatic heterocycles. The van der Waals surface area contributed by atoms with E-state index in [1.807, 2.05) is 0 Å². The largest absolute Gasteiger partial charge is 0.0613 e. The van der Waals surface area contributed by atoms with Crippen LogP contribution >= 0.6 is 0 Å². The monoisotopic (exact) mass is 256 g/mol. The maximum Gasteiger partial charge on any atom is -0.0218 e. The molecule has 104 valence electrons. The van der Waals surface area contributed by atoms with E-state index in [9.17, 15) is 0 Å². The second-order valence-corrected chi connectivity index (χ2v) is 8.41. The summed E-state index contributed by atoms with van der Waals surface area (Å²) in [7, 11) is 0. The number of rotatable bonds is 1. The molecular weight excluding hydrogens is 228 g/mol. The van der Waals surface area contributed by atoms with Gasteiger partial charge in [0.25, 0.3) is 0 Å². The smallest absolute Gasteiger partial charge is 0.0218 e. The maximum atomic E-state index is 2.43. The fraction of sp³-hybridized carbons (Fsp3) is 0.684. The van der Waals surface area contributed by atoms with E-state index < -0.39 is 0 Å². The van der Waals surface area contributed by atoms with Gasteiger partial charge in [-0.05, 0) is 83.2 Å². The first-order valence-corrected chi connectivity index (χ1v) is 7.89. The second kappa shape index (κ2) is 3.87. The number of fused-ring (bicyclic) bond motifs is 2. The summed E-state index contributed by atoms with van der Waals surface area (Å²) in [6.45, 7) is 14.5. The van der Waals surface area contributed by atoms with Crippen molar-refractivity contribution in [3.63, 3.8) is 0 Å². The fourth-order valence-electron chi connectivity index (χ4n) is 4.55. The van der Waals surface area contributed by atoms with Crippen LogP contribution in [0.15, 0.2) is 0 Å². The molecule has 0 heterocycles. The molecule has 2 aliphatic carbocycles. The van der Waals surface area contributed by atoms with E-state index >= 15 is 0 Å². The molecule has 0 spiro atoms. The maximum absolute atomic E-state index is 2.43. The van der Waals surface area contributed by atoms with Crippen LogP contribution in [0.4, 0.5) is 0 Å². The van der Waals surface area contributed by atoms with Crippen LogP contribution < -0.4 is 0 Å². The molecule has 0 bridgehead atoms. The Balaban J connectivity index is 2.22. The predicted octanol–water partition coefficient (Wildman–Crippen LogP) is 4.81. The molecule has 1 aromatic carbocycles. The first-order valence-electron chi connectivity index (χ1n) is 7.89. The molecule has 0 heteroatoms. The van der Waals surface area contributed by atoms with Gasteiger partial charge in [-0.15, -0.1) is 0 Å². The summed E-state index contributed by atoms with van der Waals surface area (Å²) in [6.07, 6.45) is 6.38. The van der Waals surface area contributed by atoms with E-state index in [-0.39, 0.29) is 0 Å². The summed E-state index contributed by atoms with van der Waals surface area (Å²) in [4.78, 5) is 0. The van der Waals surface area contributed by atoms with Gasteiger partial charge in [0.2, 0.25) is 0 Å². The Morgan fingerprint density at radius 3 is 1.47 bits per heavy atom. The van der Waals surface area contributed by atoms with Crippen molar-refractivity contribution in [2.24, 2.45) is 10.8 Å². The Hall–Kier alpha value is -0.780. The first kappa shape index (κ1) is 13.2. The van der Waals surface area contributed by atoms with Crippen molar-refractivity contribution in [1.29, 1.82) is 0 Å². The lowest BCUT2D eigenvalue weighted by Gasteiger charge is -2.17. The zero-order valence-electron chi connectivity index (χ0n) is 13.5. The van der Waals surface area contributed by atoms with Crippen molar-refractivity contribution in [2.75, 3.05) is 0 Å². The van der Waals surface area contributed by atoms with Gasteiger partial charge in [0, 0.05) is 0 Å². The zero-order valence-corrected chi connectivity index (χ0v) is 13.5. The number of benzene rings is 1. The van der Waals surface area contributed by atoms with Crippen LogP contribution in [-0.2, 0) is 32.1 Å². The highest BCUT2D eigenvalue weighted by Crippen LogP contribution is 2.47. The van der Waals surface area contributed by atoms with Gasteiger partial charge in [0.05, 0.1) is 0 Å². The molecule has 19 heavy (non-hydrogen) atoms. The molecular formula is C19H28. The molecule has 0 fully saturated rings. The van der Waals surface area contributed by atoms with Crippen LogP contribution in [0.2, 0.25) is 0 Å². The molecule has 2 aliphatic rings. The lowest BCUT2D eigenvalue weighted by Crippen LogP contribution is -2.11. The summed E-state index contributed by atoms with van der Waals surface area (Å²) < 4.78 is 0. The van der Waals surface area contributed by atoms with Crippen LogP contribution in [-0.4, -0.2) is 0 Å². The zero-order chi connectivity index (χ0) is 14.0. The van der Waals surface area contributed by atoms with Crippen molar-refractivity contribution in [3.8, 4) is 0 Å². The van der Waals surface area contributed by atoms with Crippen LogP contribution in [0.5, 0.6) is 0 Å². The Morgan fingerprint density at radius 2 is 1.11 bits per heavy atom. The standard InChI is InChI=1S/C19H28/c1-7-13-16-10-18(3,4)8-14(16)12(2)15-9-19(5,6)11-17(13)15/h7-11H2,1-6H3. The van der Waals surface area contributed by atoms with Gasteiger partial charge in [-0.1, -0.05) is 34.6 Å². The van der Waals surface area contributed by atoms with Crippen molar-refractivity contribution in [1.82, 2.24) is 0 Å². The Bertz CT molecular complexity index is 499. The van der Waals surface area contributed by atoms with Crippen LogP contribution in [0, 0.1) is 17.8 Å². The number of hydrogen-bond acceptors (Lipinski definition) is 0. The van der Waals surface area contributed by atoms with E-state index in [0.717, 1.165) is 0 Å². The first-order chi connectivity index (χ1) is 8.74. The minimum Gasteiger partial charge on any atom is -0.0613 e. The van der Waals surface area contributed by atoms with Gasteiger partial charge in [-0.3, -0.25) is 0 Å². The third-order valence-corrected chi connectivity index (χ3v) is 5.34. The van der Waals surface area contributed by atoms with Gasteiger partial charge in [-0.25, -0.2) is 0 Å². The van der Waals surface area contributed by atoms with Crippen molar-refractivity contribution in [3.05, 3.63) is 33.4 Å². The molecule has 0 aliphatic heterocycles. The van der Waals surface area contributed by atoms with Gasteiger partial charge in [0.1, 0.15) is 0 Å². The molecule has 0 radical (unpaired) electrons. The predicted molar refractivity (Wildman–Crippen MR) is 82.9 cm³/mol. The molecule has 0 saturated carbocycles. The average Bonchev–Trinajstić information content (AvgIpc) is 2.76. The van der Waals surface area contributed by atoms with Crippen molar-refractivity contribution in [2.45, 2.75) is 73.6 Å².